The lowest BCUT2D eigenvalue weighted by Crippen LogP contribution is -2.45. The van der Waals surface area contributed by atoms with E-state index in [0.717, 1.165) is 18.4 Å². The molecule has 0 aliphatic carbocycles. The number of nitrogens with one attached hydrogen (secondary N) is 1. The normalized spacial score (nSPS) is 17.0. The summed E-state index contributed by atoms with van der Waals surface area (Å²) < 4.78 is 13.0. The van der Waals surface area contributed by atoms with Crippen molar-refractivity contribution < 1.29 is 14.0 Å². The summed E-state index contributed by atoms with van der Waals surface area (Å²) in [5, 5.41) is 3.52. The molecule has 0 saturated carbocycles. The van der Waals surface area contributed by atoms with E-state index in [2.05, 4.69) is 5.32 Å². The highest BCUT2D eigenvalue weighted by atomic mass is 35.5. The standard InChI is InChI=1S/C20H20ClFN2O2/c21-18-6-2-1-4-15(18)12-23-19(25)16-5-3-11-24(13-16)20(26)14-7-9-17(22)10-8-14/h1-2,4,6-10,16H,3,5,11-13H2,(H,23,25)/t16-/m0/s1. The van der Waals surface area contributed by atoms with Gasteiger partial charge < -0.3 is 10.2 Å². The third-order valence-corrected chi connectivity index (χ3v) is 4.95. The summed E-state index contributed by atoms with van der Waals surface area (Å²) in [7, 11) is 0. The monoisotopic (exact) mass is 374 g/mol. The quantitative estimate of drug-likeness (QED) is 0.888. The second kappa shape index (κ2) is 8.32. The zero-order valence-corrected chi connectivity index (χ0v) is 15.0. The summed E-state index contributed by atoms with van der Waals surface area (Å²) in [5.41, 5.74) is 1.29. The number of benzene rings is 2. The highest BCUT2D eigenvalue weighted by Gasteiger charge is 2.28. The number of carbonyl (C=O) groups is 2. The highest BCUT2D eigenvalue weighted by molar-refractivity contribution is 6.31. The maximum Gasteiger partial charge on any atom is 0.253 e. The third-order valence-electron chi connectivity index (χ3n) is 4.58. The van der Waals surface area contributed by atoms with E-state index in [4.69, 9.17) is 11.6 Å². The average molecular weight is 375 g/mol. The van der Waals surface area contributed by atoms with Gasteiger partial charge in [-0.3, -0.25) is 9.59 Å². The van der Waals surface area contributed by atoms with Crippen LogP contribution in [0.25, 0.3) is 0 Å². The minimum atomic E-state index is -0.378. The fourth-order valence-corrected chi connectivity index (χ4v) is 3.32. The summed E-state index contributed by atoms with van der Waals surface area (Å²) in [5.74, 6) is -0.886. The Hall–Kier alpha value is -2.40. The van der Waals surface area contributed by atoms with E-state index in [1.807, 2.05) is 18.2 Å². The molecule has 1 saturated heterocycles. The molecule has 3 rings (SSSR count). The molecule has 0 radical (unpaired) electrons. The first-order chi connectivity index (χ1) is 12.5. The number of carbonyl (C=O) groups excluding carboxylic acids is 2. The molecule has 1 aliphatic heterocycles. The molecule has 26 heavy (non-hydrogen) atoms. The first-order valence-corrected chi connectivity index (χ1v) is 8.98. The van der Waals surface area contributed by atoms with Crippen LogP contribution in [0.1, 0.15) is 28.8 Å². The van der Waals surface area contributed by atoms with Crippen LogP contribution in [0.4, 0.5) is 4.39 Å². The lowest BCUT2D eigenvalue weighted by atomic mass is 9.96. The first-order valence-electron chi connectivity index (χ1n) is 8.60. The van der Waals surface area contributed by atoms with Crippen molar-refractivity contribution in [1.29, 1.82) is 0 Å². The van der Waals surface area contributed by atoms with Crippen molar-refractivity contribution >= 4 is 23.4 Å². The van der Waals surface area contributed by atoms with E-state index in [1.165, 1.54) is 24.3 Å². The van der Waals surface area contributed by atoms with E-state index in [-0.39, 0.29) is 23.5 Å². The van der Waals surface area contributed by atoms with Crippen LogP contribution in [-0.4, -0.2) is 29.8 Å². The first kappa shape index (κ1) is 18.4. The second-order valence-electron chi connectivity index (χ2n) is 6.41. The number of piperidine rings is 1. The minimum absolute atomic E-state index is 0.0819. The Morgan fingerprint density at radius 1 is 1.15 bits per heavy atom. The van der Waals surface area contributed by atoms with Crippen molar-refractivity contribution in [3.8, 4) is 0 Å². The van der Waals surface area contributed by atoms with Crippen molar-refractivity contribution in [3.63, 3.8) is 0 Å². The van der Waals surface area contributed by atoms with Crippen LogP contribution in [0.15, 0.2) is 48.5 Å². The van der Waals surface area contributed by atoms with Gasteiger partial charge in [-0.05, 0) is 48.7 Å². The average Bonchev–Trinajstić information content (AvgIpc) is 2.67. The van der Waals surface area contributed by atoms with Crippen LogP contribution in [-0.2, 0) is 11.3 Å². The molecular formula is C20H20ClFN2O2. The minimum Gasteiger partial charge on any atom is -0.352 e. The SMILES string of the molecule is O=C(NCc1ccccc1Cl)[C@H]1CCCN(C(=O)c2ccc(F)cc2)C1. The van der Waals surface area contributed by atoms with Gasteiger partial charge in [0.25, 0.3) is 5.91 Å². The van der Waals surface area contributed by atoms with Gasteiger partial charge in [-0.25, -0.2) is 4.39 Å². The van der Waals surface area contributed by atoms with Gasteiger partial charge in [0.1, 0.15) is 5.82 Å². The van der Waals surface area contributed by atoms with Gasteiger partial charge in [0.2, 0.25) is 5.91 Å². The van der Waals surface area contributed by atoms with Crippen LogP contribution in [0.3, 0.4) is 0 Å². The number of hydrogen-bond donors (Lipinski definition) is 1. The summed E-state index contributed by atoms with van der Waals surface area (Å²) in [4.78, 5) is 26.7. The summed E-state index contributed by atoms with van der Waals surface area (Å²) in [6.07, 6.45) is 1.50. The molecule has 136 valence electrons. The van der Waals surface area contributed by atoms with E-state index >= 15 is 0 Å². The molecule has 1 heterocycles. The number of likely N-dealkylation sites (tertiary alicyclic amines) is 1. The smallest absolute Gasteiger partial charge is 0.253 e. The maximum absolute atomic E-state index is 13.0. The van der Waals surface area contributed by atoms with Gasteiger partial charge in [-0.15, -0.1) is 0 Å². The zero-order chi connectivity index (χ0) is 18.5. The molecule has 2 aromatic rings. The van der Waals surface area contributed by atoms with Gasteiger partial charge in [-0.2, -0.15) is 0 Å². The Morgan fingerprint density at radius 3 is 2.62 bits per heavy atom. The maximum atomic E-state index is 13.0. The molecule has 0 unspecified atom stereocenters. The van der Waals surface area contributed by atoms with Crippen molar-refractivity contribution in [2.75, 3.05) is 13.1 Å². The Bertz CT molecular complexity index is 795. The molecule has 6 heteroatoms. The molecule has 1 N–H and O–H groups in total. The molecule has 1 aliphatic rings. The van der Waals surface area contributed by atoms with Crippen LogP contribution in [0.2, 0.25) is 5.02 Å². The Kier molecular flexibility index (Phi) is 5.89. The number of amides is 2. The number of hydrogen-bond acceptors (Lipinski definition) is 2. The number of nitrogens with zero attached hydrogens (tertiary/aromatic N) is 1. The second-order valence-corrected chi connectivity index (χ2v) is 6.81. The zero-order valence-electron chi connectivity index (χ0n) is 14.3. The topological polar surface area (TPSA) is 49.4 Å². The van der Waals surface area contributed by atoms with Crippen molar-refractivity contribution in [3.05, 3.63) is 70.5 Å². The van der Waals surface area contributed by atoms with E-state index < -0.39 is 0 Å². The van der Waals surface area contributed by atoms with E-state index in [0.29, 0.717) is 30.2 Å². The van der Waals surface area contributed by atoms with Crippen LogP contribution in [0, 0.1) is 11.7 Å². The lowest BCUT2D eigenvalue weighted by Gasteiger charge is -2.32. The summed E-state index contributed by atoms with van der Waals surface area (Å²) in [6, 6.07) is 12.8. The van der Waals surface area contributed by atoms with Crippen molar-refractivity contribution in [2.24, 2.45) is 5.92 Å². The third kappa shape index (κ3) is 4.41. The Morgan fingerprint density at radius 2 is 1.88 bits per heavy atom. The predicted molar refractivity (Wildman–Crippen MR) is 98.3 cm³/mol. The van der Waals surface area contributed by atoms with Gasteiger partial charge in [-0.1, -0.05) is 29.8 Å². The van der Waals surface area contributed by atoms with Gasteiger partial charge >= 0.3 is 0 Å². The fourth-order valence-electron chi connectivity index (χ4n) is 3.12. The van der Waals surface area contributed by atoms with Crippen LogP contribution < -0.4 is 5.32 Å². The largest absolute Gasteiger partial charge is 0.352 e. The molecule has 1 atom stereocenters. The summed E-state index contributed by atoms with van der Waals surface area (Å²) >= 11 is 6.11. The molecule has 0 aromatic heterocycles. The molecular weight excluding hydrogens is 355 g/mol. The lowest BCUT2D eigenvalue weighted by molar-refractivity contribution is -0.126. The Labute approximate surface area is 157 Å². The molecule has 0 bridgehead atoms. The molecule has 4 nitrogen and oxygen atoms in total. The van der Waals surface area contributed by atoms with E-state index in [9.17, 15) is 14.0 Å². The van der Waals surface area contributed by atoms with Crippen molar-refractivity contribution in [1.82, 2.24) is 10.2 Å². The van der Waals surface area contributed by atoms with Crippen molar-refractivity contribution in [2.45, 2.75) is 19.4 Å². The molecule has 1 fully saturated rings. The fraction of sp³-hybridized carbons (Fsp3) is 0.300. The molecule has 0 spiro atoms. The van der Waals surface area contributed by atoms with Gasteiger partial charge in [0.15, 0.2) is 0 Å². The van der Waals surface area contributed by atoms with E-state index in [1.54, 1.807) is 11.0 Å². The van der Waals surface area contributed by atoms with Crippen LogP contribution in [0.5, 0.6) is 0 Å². The Balaban J connectivity index is 1.59. The number of halogens is 2. The predicted octanol–water partition coefficient (Wildman–Crippen LogP) is 3.65. The van der Waals surface area contributed by atoms with Crippen LogP contribution >= 0.6 is 11.6 Å². The molecule has 2 amide bonds. The molecule has 2 aromatic carbocycles. The number of rotatable bonds is 4. The van der Waals surface area contributed by atoms with Gasteiger partial charge in [0, 0.05) is 30.2 Å². The van der Waals surface area contributed by atoms with Gasteiger partial charge in [0.05, 0.1) is 5.92 Å². The highest BCUT2D eigenvalue weighted by Crippen LogP contribution is 2.20. The summed E-state index contributed by atoms with van der Waals surface area (Å²) in [6.45, 7) is 1.33.